The van der Waals surface area contributed by atoms with Gasteiger partial charge in [-0.05, 0) is 45.2 Å². The Kier molecular flexibility index (Phi) is 5.86. The first kappa shape index (κ1) is 17.0. The molecule has 24 heavy (non-hydrogen) atoms. The summed E-state index contributed by atoms with van der Waals surface area (Å²) < 4.78 is 2.41. The lowest BCUT2D eigenvalue weighted by atomic mass is 10.1. The number of aromatic nitrogens is 2. The van der Waals surface area contributed by atoms with Gasteiger partial charge in [0.05, 0.1) is 12.0 Å². The molecule has 1 atom stereocenters. The normalized spacial score (nSPS) is 18.7. The number of imidazole rings is 1. The van der Waals surface area contributed by atoms with Crippen molar-refractivity contribution in [3.63, 3.8) is 0 Å². The van der Waals surface area contributed by atoms with E-state index in [0.29, 0.717) is 0 Å². The van der Waals surface area contributed by atoms with E-state index in [-0.39, 0.29) is 0 Å². The summed E-state index contributed by atoms with van der Waals surface area (Å²) in [6, 6.07) is 10.6. The third kappa shape index (κ3) is 4.15. The van der Waals surface area contributed by atoms with Crippen molar-refractivity contribution < 1.29 is 0 Å². The molecule has 128 valence electrons. The highest BCUT2D eigenvalue weighted by Crippen LogP contribution is 2.25. The standard InChI is InChI=1S/C21H29N3/c1-3-4-5-9-12-20-21(19-10-7-6-8-11-19)22-17-24(20)16-18-13-14-23(2)15-18/h4-8,10-11,17-18H,3,9,12-16H2,1-2H3/b5-4-/t18-/m1/s1. The van der Waals surface area contributed by atoms with Crippen molar-refractivity contribution in [1.82, 2.24) is 14.5 Å². The van der Waals surface area contributed by atoms with Gasteiger partial charge in [0.25, 0.3) is 0 Å². The molecule has 2 aromatic rings. The first-order chi connectivity index (χ1) is 11.8. The van der Waals surface area contributed by atoms with Gasteiger partial charge in [0.2, 0.25) is 0 Å². The van der Waals surface area contributed by atoms with Gasteiger partial charge in [-0.3, -0.25) is 0 Å². The molecular formula is C21H29N3. The second-order valence-electron chi connectivity index (χ2n) is 6.89. The molecular weight excluding hydrogens is 294 g/mol. The Morgan fingerprint density at radius 2 is 2.04 bits per heavy atom. The Hall–Kier alpha value is -1.87. The topological polar surface area (TPSA) is 21.1 Å². The lowest BCUT2D eigenvalue weighted by Crippen LogP contribution is -2.17. The fraction of sp³-hybridized carbons (Fsp3) is 0.476. The van der Waals surface area contributed by atoms with Gasteiger partial charge in [0.1, 0.15) is 0 Å². The molecule has 3 rings (SSSR count). The lowest BCUT2D eigenvalue weighted by Gasteiger charge is -2.14. The van der Waals surface area contributed by atoms with Gasteiger partial charge in [-0.15, -0.1) is 0 Å². The van der Waals surface area contributed by atoms with E-state index in [9.17, 15) is 0 Å². The van der Waals surface area contributed by atoms with Crippen LogP contribution in [0.3, 0.4) is 0 Å². The molecule has 0 N–H and O–H groups in total. The zero-order valence-corrected chi connectivity index (χ0v) is 15.0. The van der Waals surface area contributed by atoms with Crippen molar-refractivity contribution in [1.29, 1.82) is 0 Å². The molecule has 0 aliphatic carbocycles. The number of likely N-dealkylation sites (tertiary alicyclic amines) is 1. The van der Waals surface area contributed by atoms with Gasteiger partial charge >= 0.3 is 0 Å². The highest BCUT2D eigenvalue weighted by atomic mass is 15.1. The Morgan fingerprint density at radius 1 is 1.21 bits per heavy atom. The first-order valence-corrected chi connectivity index (χ1v) is 9.21. The Balaban J connectivity index is 1.81. The minimum absolute atomic E-state index is 0.748. The second kappa shape index (κ2) is 8.29. The van der Waals surface area contributed by atoms with E-state index in [0.717, 1.165) is 37.4 Å². The molecule has 1 saturated heterocycles. The number of hydrogen-bond donors (Lipinski definition) is 0. The Bertz CT molecular complexity index is 657. The molecule has 3 nitrogen and oxygen atoms in total. The van der Waals surface area contributed by atoms with Gasteiger partial charge in [0, 0.05) is 24.3 Å². The van der Waals surface area contributed by atoms with Crippen LogP contribution >= 0.6 is 0 Å². The van der Waals surface area contributed by atoms with Gasteiger partial charge in [-0.1, -0.05) is 49.4 Å². The summed E-state index contributed by atoms with van der Waals surface area (Å²) in [4.78, 5) is 7.21. The van der Waals surface area contributed by atoms with E-state index in [2.05, 4.69) is 72.2 Å². The predicted molar refractivity (Wildman–Crippen MR) is 101 cm³/mol. The van der Waals surface area contributed by atoms with Crippen LogP contribution in [0.2, 0.25) is 0 Å². The highest BCUT2D eigenvalue weighted by Gasteiger charge is 2.21. The molecule has 1 aromatic heterocycles. The fourth-order valence-electron chi connectivity index (χ4n) is 3.62. The number of rotatable bonds is 7. The van der Waals surface area contributed by atoms with E-state index in [1.807, 2.05) is 0 Å². The van der Waals surface area contributed by atoms with E-state index < -0.39 is 0 Å². The van der Waals surface area contributed by atoms with Crippen molar-refractivity contribution in [3.05, 3.63) is 54.5 Å². The van der Waals surface area contributed by atoms with Crippen LogP contribution in [0.5, 0.6) is 0 Å². The summed E-state index contributed by atoms with van der Waals surface area (Å²) in [5.74, 6) is 0.748. The number of nitrogens with zero attached hydrogens (tertiary/aromatic N) is 3. The maximum Gasteiger partial charge on any atom is 0.0956 e. The quantitative estimate of drug-likeness (QED) is 0.704. The number of benzene rings is 1. The SMILES string of the molecule is CC/C=C\CCc1c(-c2ccccc2)ncn1C[C@@H]1CCN(C)C1. The molecule has 0 amide bonds. The largest absolute Gasteiger partial charge is 0.334 e. The summed E-state index contributed by atoms with van der Waals surface area (Å²) in [5, 5.41) is 0. The van der Waals surface area contributed by atoms with Crippen LogP contribution in [-0.4, -0.2) is 34.6 Å². The van der Waals surface area contributed by atoms with E-state index in [1.165, 1.54) is 30.8 Å². The van der Waals surface area contributed by atoms with Gasteiger partial charge in [-0.2, -0.15) is 0 Å². The maximum absolute atomic E-state index is 4.77. The average molecular weight is 323 g/mol. The zero-order chi connectivity index (χ0) is 16.8. The average Bonchev–Trinajstić information content (AvgIpc) is 3.19. The highest BCUT2D eigenvalue weighted by molar-refractivity contribution is 5.61. The third-order valence-electron chi connectivity index (χ3n) is 4.89. The molecule has 0 bridgehead atoms. The second-order valence-corrected chi connectivity index (χ2v) is 6.89. The monoisotopic (exact) mass is 323 g/mol. The molecule has 0 radical (unpaired) electrons. The summed E-state index contributed by atoms with van der Waals surface area (Å²) in [5.41, 5.74) is 3.78. The number of allylic oxidation sites excluding steroid dienone is 2. The van der Waals surface area contributed by atoms with Crippen LogP contribution in [0.1, 0.15) is 31.9 Å². The summed E-state index contributed by atoms with van der Waals surface area (Å²) in [6.07, 6.45) is 11.2. The first-order valence-electron chi connectivity index (χ1n) is 9.21. The van der Waals surface area contributed by atoms with Crippen molar-refractivity contribution in [2.24, 2.45) is 5.92 Å². The molecule has 0 spiro atoms. The van der Waals surface area contributed by atoms with Crippen molar-refractivity contribution in [2.45, 2.75) is 39.2 Å². The number of hydrogen-bond acceptors (Lipinski definition) is 2. The van der Waals surface area contributed by atoms with Crippen LogP contribution in [0.15, 0.2) is 48.8 Å². The van der Waals surface area contributed by atoms with Crippen molar-refractivity contribution in [3.8, 4) is 11.3 Å². The van der Waals surface area contributed by atoms with E-state index in [1.54, 1.807) is 0 Å². The van der Waals surface area contributed by atoms with Gasteiger partial charge in [0.15, 0.2) is 0 Å². The van der Waals surface area contributed by atoms with Crippen LogP contribution in [0.4, 0.5) is 0 Å². The van der Waals surface area contributed by atoms with Crippen LogP contribution < -0.4 is 0 Å². The van der Waals surface area contributed by atoms with Crippen LogP contribution in [0, 0.1) is 5.92 Å². The van der Waals surface area contributed by atoms with Crippen molar-refractivity contribution >= 4 is 0 Å². The van der Waals surface area contributed by atoms with Crippen LogP contribution in [0.25, 0.3) is 11.3 Å². The van der Waals surface area contributed by atoms with Crippen LogP contribution in [-0.2, 0) is 13.0 Å². The molecule has 0 saturated carbocycles. The molecule has 0 unspecified atom stereocenters. The van der Waals surface area contributed by atoms with Gasteiger partial charge < -0.3 is 9.47 Å². The fourth-order valence-corrected chi connectivity index (χ4v) is 3.62. The van der Waals surface area contributed by atoms with E-state index >= 15 is 0 Å². The Morgan fingerprint density at radius 3 is 2.75 bits per heavy atom. The van der Waals surface area contributed by atoms with E-state index in [4.69, 9.17) is 4.98 Å². The summed E-state index contributed by atoms with van der Waals surface area (Å²) >= 11 is 0. The molecule has 1 aromatic carbocycles. The maximum atomic E-state index is 4.77. The molecule has 1 aliphatic rings. The predicted octanol–water partition coefficient (Wildman–Crippen LogP) is 4.40. The molecule has 2 heterocycles. The summed E-state index contributed by atoms with van der Waals surface area (Å²) in [7, 11) is 2.22. The minimum atomic E-state index is 0.748. The van der Waals surface area contributed by atoms with Crippen molar-refractivity contribution in [2.75, 3.05) is 20.1 Å². The lowest BCUT2D eigenvalue weighted by molar-refractivity contribution is 0.376. The smallest absolute Gasteiger partial charge is 0.0956 e. The molecule has 1 fully saturated rings. The molecule has 3 heteroatoms. The Labute approximate surface area is 146 Å². The zero-order valence-electron chi connectivity index (χ0n) is 15.0. The minimum Gasteiger partial charge on any atom is -0.334 e. The summed E-state index contributed by atoms with van der Waals surface area (Å²) in [6.45, 7) is 5.71. The van der Waals surface area contributed by atoms with Gasteiger partial charge in [-0.25, -0.2) is 4.98 Å². The third-order valence-corrected chi connectivity index (χ3v) is 4.89. The molecule has 1 aliphatic heterocycles.